The summed E-state index contributed by atoms with van der Waals surface area (Å²) in [7, 11) is 3.56. The summed E-state index contributed by atoms with van der Waals surface area (Å²) in [6.45, 7) is 0. The van der Waals surface area contributed by atoms with Crippen LogP contribution in [0, 0.1) is 0 Å². The van der Waals surface area contributed by atoms with E-state index in [-0.39, 0.29) is 5.76 Å². The minimum Gasteiger partial charge on any atom is -0.452 e. The number of ketones is 1. The second-order valence-electron chi connectivity index (χ2n) is 4.47. The van der Waals surface area contributed by atoms with E-state index in [1.54, 1.807) is 49.4 Å². The van der Waals surface area contributed by atoms with Crippen molar-refractivity contribution in [3.05, 3.63) is 59.5 Å². The van der Waals surface area contributed by atoms with E-state index in [9.17, 15) is 9.90 Å². The number of nitrogens with zero attached hydrogens (tertiary/aromatic N) is 2. The molecule has 0 aliphatic carbocycles. The normalized spacial score (nSPS) is 12.6. The van der Waals surface area contributed by atoms with Crippen LogP contribution in [-0.2, 0) is 0 Å². The van der Waals surface area contributed by atoms with Crippen molar-refractivity contribution in [1.82, 2.24) is 5.01 Å². The molecule has 5 nitrogen and oxygen atoms in total. The quantitative estimate of drug-likeness (QED) is 0.514. The number of rotatable bonds is 5. The highest BCUT2D eigenvalue weighted by Crippen LogP contribution is 2.19. The van der Waals surface area contributed by atoms with Crippen LogP contribution in [0.15, 0.2) is 52.0 Å². The molecule has 0 amide bonds. The molecule has 1 heterocycles. The molecule has 2 aromatic rings. The number of hydrogen-bond acceptors (Lipinski definition) is 5. The highest BCUT2D eigenvalue weighted by molar-refractivity contribution is 5.98. The van der Waals surface area contributed by atoms with Crippen molar-refractivity contribution < 1.29 is 14.3 Å². The molecule has 104 valence electrons. The van der Waals surface area contributed by atoms with Crippen LogP contribution in [0.4, 0.5) is 0 Å². The third-order valence-corrected chi connectivity index (χ3v) is 2.65. The Hall–Kier alpha value is -2.40. The number of carbonyl (C=O) groups is 1. The number of aliphatic hydroxyl groups excluding tert-OH is 1. The average Bonchev–Trinajstić information content (AvgIpc) is 2.93. The lowest BCUT2D eigenvalue weighted by atomic mass is 10.0. The number of furan rings is 1. The van der Waals surface area contributed by atoms with Crippen LogP contribution in [0.3, 0.4) is 0 Å². The Morgan fingerprint density at radius 1 is 1.25 bits per heavy atom. The van der Waals surface area contributed by atoms with Crippen molar-refractivity contribution in [3.8, 4) is 0 Å². The highest BCUT2D eigenvalue weighted by Gasteiger charge is 2.21. The van der Waals surface area contributed by atoms with E-state index in [0.717, 1.165) is 0 Å². The predicted octanol–water partition coefficient (Wildman–Crippen LogP) is 2.09. The molecule has 0 aliphatic heterocycles. The standard InChI is InChI=1S/C15H16N2O3/c1-17(2)16-10-12-8-9-13(20-12)15(19)14(18)11-6-4-3-5-7-11/h3-10,14,18H,1-2H3/b16-10-/t14-/m1/s1. The molecule has 0 saturated heterocycles. The van der Waals surface area contributed by atoms with E-state index < -0.39 is 11.9 Å². The Morgan fingerprint density at radius 3 is 2.60 bits per heavy atom. The average molecular weight is 272 g/mol. The maximum Gasteiger partial charge on any atom is 0.230 e. The van der Waals surface area contributed by atoms with Crippen LogP contribution in [0.1, 0.15) is 28.0 Å². The van der Waals surface area contributed by atoms with E-state index in [2.05, 4.69) is 5.10 Å². The first kappa shape index (κ1) is 14.0. The monoisotopic (exact) mass is 272 g/mol. The summed E-state index contributed by atoms with van der Waals surface area (Å²) in [4.78, 5) is 12.1. The molecule has 1 aromatic heterocycles. The molecule has 0 radical (unpaired) electrons. The predicted molar refractivity (Wildman–Crippen MR) is 75.7 cm³/mol. The topological polar surface area (TPSA) is 66.0 Å². The molecule has 1 atom stereocenters. The third-order valence-electron chi connectivity index (χ3n) is 2.65. The molecule has 1 aromatic carbocycles. The minimum atomic E-state index is -1.22. The van der Waals surface area contributed by atoms with Gasteiger partial charge in [-0.2, -0.15) is 5.10 Å². The highest BCUT2D eigenvalue weighted by atomic mass is 16.4. The second kappa shape index (κ2) is 6.16. The summed E-state index contributed by atoms with van der Waals surface area (Å²) in [5.74, 6) is 0.101. The molecule has 2 rings (SSSR count). The fraction of sp³-hybridized carbons (Fsp3) is 0.200. The van der Waals surface area contributed by atoms with Gasteiger partial charge in [0.05, 0.1) is 6.21 Å². The molecule has 0 saturated carbocycles. The fourth-order valence-electron chi connectivity index (χ4n) is 1.65. The fourth-order valence-corrected chi connectivity index (χ4v) is 1.65. The minimum absolute atomic E-state index is 0.113. The first-order valence-electron chi connectivity index (χ1n) is 6.16. The number of Topliss-reactive ketones (excluding diaryl/α,β-unsaturated/α-hetero) is 1. The Bertz CT molecular complexity index is 603. The largest absolute Gasteiger partial charge is 0.452 e. The van der Waals surface area contributed by atoms with E-state index in [1.165, 1.54) is 12.3 Å². The van der Waals surface area contributed by atoms with Gasteiger partial charge >= 0.3 is 0 Å². The summed E-state index contributed by atoms with van der Waals surface area (Å²) >= 11 is 0. The molecule has 20 heavy (non-hydrogen) atoms. The van der Waals surface area contributed by atoms with Gasteiger partial charge < -0.3 is 14.5 Å². The van der Waals surface area contributed by atoms with Gasteiger partial charge in [0.25, 0.3) is 0 Å². The molecule has 0 unspecified atom stereocenters. The Morgan fingerprint density at radius 2 is 1.95 bits per heavy atom. The lowest BCUT2D eigenvalue weighted by Gasteiger charge is -2.07. The van der Waals surface area contributed by atoms with Crippen LogP contribution >= 0.6 is 0 Å². The molecule has 1 N–H and O–H groups in total. The number of hydrazone groups is 1. The van der Waals surface area contributed by atoms with Gasteiger partial charge in [0.15, 0.2) is 5.76 Å². The molecule has 5 heteroatoms. The van der Waals surface area contributed by atoms with E-state index >= 15 is 0 Å². The Labute approximate surface area is 117 Å². The van der Waals surface area contributed by atoms with Crippen molar-refractivity contribution in [3.63, 3.8) is 0 Å². The van der Waals surface area contributed by atoms with Gasteiger partial charge in [-0.05, 0) is 17.7 Å². The molecule has 0 fully saturated rings. The third kappa shape index (κ3) is 3.33. The number of benzene rings is 1. The van der Waals surface area contributed by atoms with Crippen LogP contribution in [-0.4, -0.2) is 36.2 Å². The van der Waals surface area contributed by atoms with Gasteiger partial charge in [0.2, 0.25) is 5.78 Å². The molecular weight excluding hydrogens is 256 g/mol. The summed E-state index contributed by atoms with van der Waals surface area (Å²) in [5.41, 5.74) is 0.539. The molecule has 0 aliphatic rings. The summed E-state index contributed by atoms with van der Waals surface area (Å²) in [5, 5.41) is 15.6. The molecule has 0 spiro atoms. The SMILES string of the molecule is CN(C)/N=C\c1ccc(C(=O)[C@H](O)c2ccccc2)o1. The van der Waals surface area contributed by atoms with E-state index in [4.69, 9.17) is 4.42 Å². The van der Waals surface area contributed by atoms with E-state index in [1.807, 2.05) is 6.07 Å². The van der Waals surface area contributed by atoms with Gasteiger partial charge in [-0.3, -0.25) is 4.79 Å². The Balaban J connectivity index is 2.14. The number of aliphatic hydroxyl groups is 1. The van der Waals surface area contributed by atoms with Crippen LogP contribution in [0.5, 0.6) is 0 Å². The van der Waals surface area contributed by atoms with Crippen LogP contribution < -0.4 is 0 Å². The zero-order valence-electron chi connectivity index (χ0n) is 11.4. The van der Waals surface area contributed by atoms with Gasteiger partial charge in [-0.1, -0.05) is 30.3 Å². The van der Waals surface area contributed by atoms with Crippen LogP contribution in [0.25, 0.3) is 0 Å². The summed E-state index contributed by atoms with van der Waals surface area (Å²) in [6, 6.07) is 11.9. The Kier molecular flexibility index (Phi) is 4.32. The van der Waals surface area contributed by atoms with Gasteiger partial charge in [-0.25, -0.2) is 0 Å². The van der Waals surface area contributed by atoms with Gasteiger partial charge in [0.1, 0.15) is 11.9 Å². The van der Waals surface area contributed by atoms with Gasteiger partial charge in [-0.15, -0.1) is 0 Å². The first-order valence-corrected chi connectivity index (χ1v) is 6.16. The van der Waals surface area contributed by atoms with Gasteiger partial charge in [0, 0.05) is 14.1 Å². The zero-order chi connectivity index (χ0) is 14.5. The maximum absolute atomic E-state index is 12.1. The van der Waals surface area contributed by atoms with E-state index in [0.29, 0.717) is 11.3 Å². The lowest BCUT2D eigenvalue weighted by molar-refractivity contribution is 0.0717. The van der Waals surface area contributed by atoms with Crippen molar-refractivity contribution in [1.29, 1.82) is 0 Å². The number of hydrogen-bond donors (Lipinski definition) is 1. The van der Waals surface area contributed by atoms with Crippen molar-refractivity contribution >= 4 is 12.0 Å². The molecule has 0 bridgehead atoms. The first-order chi connectivity index (χ1) is 9.58. The van der Waals surface area contributed by atoms with Crippen molar-refractivity contribution in [2.24, 2.45) is 5.10 Å². The van der Waals surface area contributed by atoms with Crippen LogP contribution in [0.2, 0.25) is 0 Å². The van der Waals surface area contributed by atoms with Crippen molar-refractivity contribution in [2.75, 3.05) is 14.1 Å². The smallest absolute Gasteiger partial charge is 0.230 e. The maximum atomic E-state index is 12.1. The van der Waals surface area contributed by atoms with Crippen molar-refractivity contribution in [2.45, 2.75) is 6.10 Å². The second-order valence-corrected chi connectivity index (χ2v) is 4.47. The summed E-state index contributed by atoms with van der Waals surface area (Å²) in [6.07, 6.45) is 0.284. The lowest BCUT2D eigenvalue weighted by Crippen LogP contribution is -2.11. The molecular formula is C15H16N2O3. The zero-order valence-corrected chi connectivity index (χ0v) is 11.4. The summed E-state index contributed by atoms with van der Waals surface area (Å²) < 4.78 is 5.35. The number of carbonyl (C=O) groups excluding carboxylic acids is 1.